The van der Waals surface area contributed by atoms with Crippen molar-refractivity contribution in [3.63, 3.8) is 0 Å². The van der Waals surface area contributed by atoms with Crippen molar-refractivity contribution >= 4 is 21.6 Å². The zero-order valence-electron chi connectivity index (χ0n) is 15.1. The van der Waals surface area contributed by atoms with Crippen molar-refractivity contribution in [1.82, 2.24) is 19.3 Å². The molecule has 1 aliphatic rings. The van der Waals surface area contributed by atoms with Crippen LogP contribution in [0.15, 0.2) is 33.7 Å². The molecule has 1 aromatic heterocycles. The van der Waals surface area contributed by atoms with E-state index >= 15 is 0 Å². The first-order valence-electron chi connectivity index (χ1n) is 8.63. The molecule has 1 aliphatic heterocycles. The molecule has 0 radical (unpaired) electrons. The Labute approximate surface area is 159 Å². The van der Waals surface area contributed by atoms with Crippen LogP contribution in [0.4, 0.5) is 0 Å². The van der Waals surface area contributed by atoms with Crippen molar-refractivity contribution in [3.05, 3.63) is 41.0 Å². The largest absolute Gasteiger partial charge is 0.338 e. The Morgan fingerprint density at radius 1 is 1.12 bits per heavy atom. The lowest BCUT2D eigenvalue weighted by molar-refractivity contribution is 0.124. The maximum atomic E-state index is 12.8. The molecule has 9 heteroatoms. The van der Waals surface area contributed by atoms with E-state index in [1.54, 1.807) is 24.3 Å². The number of nitrogens with zero attached hydrogens (tertiary/aromatic N) is 4. The molecule has 142 valence electrons. The van der Waals surface area contributed by atoms with Gasteiger partial charge in [-0.25, -0.2) is 8.42 Å². The Morgan fingerprint density at radius 2 is 1.77 bits per heavy atom. The monoisotopic (exact) mass is 398 g/mol. The summed E-state index contributed by atoms with van der Waals surface area (Å²) < 4.78 is 32.5. The molecule has 7 nitrogen and oxygen atoms in total. The predicted molar refractivity (Wildman–Crippen MR) is 98.6 cm³/mol. The van der Waals surface area contributed by atoms with Gasteiger partial charge in [-0.1, -0.05) is 42.7 Å². The quantitative estimate of drug-likeness (QED) is 0.770. The Balaban J connectivity index is 1.68. The van der Waals surface area contributed by atoms with Gasteiger partial charge in [-0.05, 0) is 19.1 Å². The maximum Gasteiger partial charge on any atom is 0.244 e. The summed E-state index contributed by atoms with van der Waals surface area (Å²) in [6, 6.07) is 6.48. The summed E-state index contributed by atoms with van der Waals surface area (Å²) in [6.45, 7) is 7.98. The molecule has 1 saturated heterocycles. The van der Waals surface area contributed by atoms with E-state index in [1.807, 2.05) is 20.8 Å². The molecule has 2 heterocycles. The molecule has 0 amide bonds. The molecule has 26 heavy (non-hydrogen) atoms. The van der Waals surface area contributed by atoms with E-state index in [-0.39, 0.29) is 21.9 Å². The highest BCUT2D eigenvalue weighted by atomic mass is 35.5. The second-order valence-corrected chi connectivity index (χ2v) is 9.01. The number of hydrogen-bond acceptors (Lipinski definition) is 6. The molecule has 0 aliphatic carbocycles. The maximum absolute atomic E-state index is 12.8. The first-order valence-corrected chi connectivity index (χ1v) is 10.4. The van der Waals surface area contributed by atoms with Crippen LogP contribution < -0.4 is 0 Å². The molecule has 0 bridgehead atoms. The third-order valence-electron chi connectivity index (χ3n) is 4.61. The van der Waals surface area contributed by atoms with Gasteiger partial charge in [-0.15, -0.1) is 0 Å². The average Bonchev–Trinajstić information content (AvgIpc) is 3.12. The third-order valence-corrected chi connectivity index (χ3v) is 7.01. The Hall–Kier alpha value is -1.48. The molecular formula is C17H23ClN4O3S. The summed E-state index contributed by atoms with van der Waals surface area (Å²) in [5.74, 6) is 1.46. The van der Waals surface area contributed by atoms with Gasteiger partial charge >= 0.3 is 0 Å². The van der Waals surface area contributed by atoms with Crippen molar-refractivity contribution in [3.8, 4) is 0 Å². The fourth-order valence-electron chi connectivity index (χ4n) is 2.93. The van der Waals surface area contributed by atoms with Gasteiger partial charge in [0.25, 0.3) is 0 Å². The van der Waals surface area contributed by atoms with Crippen LogP contribution in [0.3, 0.4) is 0 Å². The second kappa shape index (κ2) is 7.64. The molecule has 1 unspecified atom stereocenters. The molecule has 2 aromatic rings. The summed E-state index contributed by atoms with van der Waals surface area (Å²) >= 11 is 6.07. The van der Waals surface area contributed by atoms with E-state index in [0.717, 1.165) is 0 Å². The first-order chi connectivity index (χ1) is 12.3. The van der Waals surface area contributed by atoms with Crippen molar-refractivity contribution < 1.29 is 12.9 Å². The fraction of sp³-hybridized carbons (Fsp3) is 0.529. The minimum absolute atomic E-state index is 0.0554. The van der Waals surface area contributed by atoms with Crippen LogP contribution in [0.25, 0.3) is 0 Å². The normalized spacial score (nSPS) is 18.3. The van der Waals surface area contributed by atoms with E-state index in [1.165, 1.54) is 4.31 Å². The number of sulfonamides is 1. The predicted octanol–water partition coefficient (Wildman–Crippen LogP) is 2.91. The van der Waals surface area contributed by atoms with Crippen LogP contribution in [0.2, 0.25) is 5.02 Å². The molecule has 0 saturated carbocycles. The lowest BCUT2D eigenvalue weighted by Crippen LogP contribution is -2.49. The number of halogens is 1. The van der Waals surface area contributed by atoms with Gasteiger partial charge < -0.3 is 4.52 Å². The molecule has 1 aromatic carbocycles. The highest BCUT2D eigenvalue weighted by Crippen LogP contribution is 2.27. The smallest absolute Gasteiger partial charge is 0.244 e. The third kappa shape index (κ3) is 3.78. The van der Waals surface area contributed by atoms with Crippen LogP contribution in [0.1, 0.15) is 44.4 Å². The van der Waals surface area contributed by atoms with Gasteiger partial charge in [-0.3, -0.25) is 4.90 Å². The van der Waals surface area contributed by atoms with E-state index < -0.39 is 10.0 Å². The van der Waals surface area contributed by atoms with Crippen molar-refractivity contribution in [2.24, 2.45) is 0 Å². The number of rotatable bonds is 5. The van der Waals surface area contributed by atoms with Gasteiger partial charge in [0.1, 0.15) is 4.90 Å². The van der Waals surface area contributed by atoms with Crippen LogP contribution in [0.5, 0.6) is 0 Å². The summed E-state index contributed by atoms with van der Waals surface area (Å²) in [5.41, 5.74) is 0. The highest BCUT2D eigenvalue weighted by Gasteiger charge is 2.32. The topological polar surface area (TPSA) is 79.5 Å². The zero-order valence-corrected chi connectivity index (χ0v) is 16.7. The molecule has 0 N–H and O–H groups in total. The lowest BCUT2D eigenvalue weighted by atomic mass is 10.2. The SMILES string of the molecule is CC(C)c1noc(C(C)N2CCN(S(=O)(=O)c3ccccc3Cl)CC2)n1. The summed E-state index contributed by atoms with van der Waals surface area (Å²) in [7, 11) is -3.59. The number of benzene rings is 1. The van der Waals surface area contributed by atoms with Crippen molar-refractivity contribution in [1.29, 1.82) is 0 Å². The van der Waals surface area contributed by atoms with Crippen LogP contribution in [-0.2, 0) is 10.0 Å². The number of aromatic nitrogens is 2. The minimum atomic E-state index is -3.59. The lowest BCUT2D eigenvalue weighted by Gasteiger charge is -2.36. The molecular weight excluding hydrogens is 376 g/mol. The molecule has 1 atom stereocenters. The van der Waals surface area contributed by atoms with Crippen LogP contribution >= 0.6 is 11.6 Å². The molecule has 3 rings (SSSR count). The fourth-order valence-corrected chi connectivity index (χ4v) is 4.85. The van der Waals surface area contributed by atoms with Gasteiger partial charge in [0, 0.05) is 32.1 Å². The molecule has 1 fully saturated rings. The van der Waals surface area contributed by atoms with Gasteiger partial charge in [0.15, 0.2) is 5.82 Å². The Kier molecular flexibility index (Phi) is 5.67. The molecule has 0 spiro atoms. The van der Waals surface area contributed by atoms with E-state index in [4.69, 9.17) is 16.1 Å². The number of piperazine rings is 1. The highest BCUT2D eigenvalue weighted by molar-refractivity contribution is 7.89. The van der Waals surface area contributed by atoms with Crippen LogP contribution in [-0.4, -0.2) is 53.9 Å². The second-order valence-electron chi connectivity index (χ2n) is 6.69. The Bertz CT molecular complexity index is 860. The summed E-state index contributed by atoms with van der Waals surface area (Å²) in [4.78, 5) is 6.75. The standard InChI is InChI=1S/C17H23ClN4O3S/c1-12(2)16-19-17(25-20-16)13(3)21-8-10-22(11-9-21)26(23,24)15-7-5-4-6-14(15)18/h4-7,12-13H,8-11H2,1-3H3. The van der Waals surface area contributed by atoms with Crippen LogP contribution in [0, 0.1) is 0 Å². The first kappa shape index (κ1) is 19.3. The Morgan fingerprint density at radius 3 is 2.35 bits per heavy atom. The van der Waals surface area contributed by atoms with Gasteiger partial charge in [0.2, 0.25) is 15.9 Å². The summed E-state index contributed by atoms with van der Waals surface area (Å²) in [6.07, 6.45) is 0. The van der Waals surface area contributed by atoms with E-state index in [2.05, 4.69) is 15.0 Å². The van der Waals surface area contributed by atoms with Crippen molar-refractivity contribution in [2.75, 3.05) is 26.2 Å². The minimum Gasteiger partial charge on any atom is -0.338 e. The van der Waals surface area contributed by atoms with Gasteiger partial charge in [-0.2, -0.15) is 9.29 Å². The van der Waals surface area contributed by atoms with E-state index in [9.17, 15) is 8.42 Å². The average molecular weight is 399 g/mol. The summed E-state index contributed by atoms with van der Waals surface area (Å²) in [5, 5.41) is 4.25. The zero-order chi connectivity index (χ0) is 18.9. The number of hydrogen-bond donors (Lipinski definition) is 0. The van der Waals surface area contributed by atoms with Gasteiger partial charge in [0.05, 0.1) is 11.1 Å². The van der Waals surface area contributed by atoms with E-state index in [0.29, 0.717) is 37.9 Å². The van der Waals surface area contributed by atoms with Crippen molar-refractivity contribution in [2.45, 2.75) is 37.6 Å².